The van der Waals surface area contributed by atoms with Crippen molar-refractivity contribution in [3.05, 3.63) is 47.1 Å². The summed E-state index contributed by atoms with van der Waals surface area (Å²) >= 11 is 0. The summed E-state index contributed by atoms with van der Waals surface area (Å²) in [5.41, 5.74) is -1.50. The molecule has 11 heteroatoms. The molecule has 1 aromatic heterocycles. The van der Waals surface area contributed by atoms with Crippen LogP contribution in [0.1, 0.15) is 28.6 Å². The molecule has 0 fully saturated rings. The lowest BCUT2D eigenvalue weighted by Crippen LogP contribution is -2.29. The molecule has 1 aromatic carbocycles. The van der Waals surface area contributed by atoms with Crippen LogP contribution in [0.5, 0.6) is 0 Å². The van der Waals surface area contributed by atoms with Crippen LogP contribution in [0.2, 0.25) is 0 Å². The van der Waals surface area contributed by atoms with Crippen LogP contribution in [-0.4, -0.2) is 61.2 Å². The smallest absolute Gasteiger partial charge is 0.383 e. The minimum Gasteiger partial charge on any atom is -0.383 e. The maximum Gasteiger partial charge on any atom is 0.455 e. The van der Waals surface area contributed by atoms with Gasteiger partial charge in [0.25, 0.3) is 11.7 Å². The number of Topliss-reactive ketones (excluding diaryl/α,β-unsaturated/α-hetero) is 1. The van der Waals surface area contributed by atoms with Gasteiger partial charge in [-0.15, -0.1) is 0 Å². The van der Waals surface area contributed by atoms with Crippen molar-refractivity contribution in [2.75, 3.05) is 28.3 Å². The Labute approximate surface area is 175 Å². The van der Waals surface area contributed by atoms with Gasteiger partial charge in [-0.2, -0.15) is 13.2 Å². The molecular formula is C20H21F4N3O4. The molecule has 0 unspecified atom stereocenters. The summed E-state index contributed by atoms with van der Waals surface area (Å²) in [5.74, 6) is -4.72. The number of alkyl halides is 3. The fraction of sp³-hybridized carbons (Fsp3) is 0.350. The molecule has 7 nitrogen and oxygen atoms in total. The fourth-order valence-corrected chi connectivity index (χ4v) is 2.84. The quantitative estimate of drug-likeness (QED) is 0.369. The van der Waals surface area contributed by atoms with E-state index in [0.29, 0.717) is 17.0 Å². The van der Waals surface area contributed by atoms with Crippen molar-refractivity contribution in [2.45, 2.75) is 19.5 Å². The van der Waals surface area contributed by atoms with E-state index in [2.05, 4.69) is 5.16 Å². The van der Waals surface area contributed by atoms with E-state index >= 15 is 0 Å². The molecule has 1 amide bonds. The number of hydrogen-bond donors (Lipinski definition) is 0. The number of carbonyl (C=O) groups excluding carboxylic acids is 2. The summed E-state index contributed by atoms with van der Waals surface area (Å²) in [6, 6.07) is 4.15. The van der Waals surface area contributed by atoms with Crippen LogP contribution in [-0.2, 0) is 16.1 Å². The van der Waals surface area contributed by atoms with Gasteiger partial charge in [0.05, 0.1) is 12.7 Å². The topological polar surface area (TPSA) is 75.9 Å². The summed E-state index contributed by atoms with van der Waals surface area (Å²) in [7, 11) is 5.13. The lowest BCUT2D eigenvalue weighted by molar-refractivity contribution is -0.164. The normalized spacial score (nSPS) is 12.1. The van der Waals surface area contributed by atoms with Crippen LogP contribution >= 0.6 is 0 Å². The second kappa shape index (κ2) is 9.29. The fourth-order valence-electron chi connectivity index (χ4n) is 2.84. The van der Waals surface area contributed by atoms with Crippen LogP contribution in [0.4, 0.5) is 17.6 Å². The first-order valence-corrected chi connectivity index (χ1v) is 9.03. The number of aromatic nitrogens is 1. The Kier molecular flexibility index (Phi) is 7.21. The molecule has 31 heavy (non-hydrogen) atoms. The maximum absolute atomic E-state index is 14.7. The molecule has 2 aromatic rings. The van der Waals surface area contributed by atoms with E-state index in [4.69, 9.17) is 9.36 Å². The first-order chi connectivity index (χ1) is 14.4. The third kappa shape index (κ3) is 4.93. The van der Waals surface area contributed by atoms with Crippen molar-refractivity contribution < 1.29 is 36.5 Å². The Hall–Kier alpha value is -3.21. The van der Waals surface area contributed by atoms with Gasteiger partial charge in [-0.3, -0.25) is 14.4 Å². The van der Waals surface area contributed by atoms with Crippen molar-refractivity contribution in [3.8, 4) is 11.3 Å². The molecule has 0 aliphatic heterocycles. The SMILES string of the molecule is CCc1cccc(F)c1-c1noc(/C(=C\N(C)C)C(=O)C(F)(F)F)c1C(=O)N(C)OC. The molecule has 2 rings (SSSR count). The minimum absolute atomic E-state index is 0.114. The number of nitrogens with zero attached hydrogens (tertiary/aromatic N) is 3. The molecule has 0 aliphatic carbocycles. The van der Waals surface area contributed by atoms with E-state index in [1.165, 1.54) is 32.1 Å². The Morgan fingerprint density at radius 3 is 2.39 bits per heavy atom. The Bertz CT molecular complexity index is 1010. The van der Waals surface area contributed by atoms with E-state index in [1.807, 2.05) is 0 Å². The monoisotopic (exact) mass is 443 g/mol. The number of allylic oxidation sites excluding steroid dienone is 1. The van der Waals surface area contributed by atoms with E-state index in [-0.39, 0.29) is 11.3 Å². The lowest BCUT2D eigenvalue weighted by atomic mass is 9.95. The highest BCUT2D eigenvalue weighted by atomic mass is 19.4. The van der Waals surface area contributed by atoms with Crippen molar-refractivity contribution in [1.29, 1.82) is 0 Å². The largest absolute Gasteiger partial charge is 0.455 e. The zero-order valence-corrected chi connectivity index (χ0v) is 17.5. The van der Waals surface area contributed by atoms with Crippen molar-refractivity contribution in [2.24, 2.45) is 0 Å². The van der Waals surface area contributed by atoms with Crippen LogP contribution in [0.3, 0.4) is 0 Å². The molecule has 1 heterocycles. The van der Waals surface area contributed by atoms with E-state index in [0.717, 1.165) is 19.4 Å². The highest BCUT2D eigenvalue weighted by Crippen LogP contribution is 2.37. The molecule has 0 aliphatic rings. The van der Waals surface area contributed by atoms with Gasteiger partial charge >= 0.3 is 6.18 Å². The summed E-state index contributed by atoms with van der Waals surface area (Å²) in [4.78, 5) is 31.1. The minimum atomic E-state index is -5.26. The third-order valence-electron chi connectivity index (χ3n) is 4.32. The van der Waals surface area contributed by atoms with E-state index < -0.39 is 40.6 Å². The van der Waals surface area contributed by atoms with Gasteiger partial charge in [-0.05, 0) is 18.1 Å². The van der Waals surface area contributed by atoms with Crippen LogP contribution in [0.15, 0.2) is 28.9 Å². The van der Waals surface area contributed by atoms with Crippen molar-refractivity contribution in [3.63, 3.8) is 0 Å². The van der Waals surface area contributed by atoms with Gasteiger partial charge in [0.2, 0.25) is 0 Å². The molecule has 0 radical (unpaired) electrons. The van der Waals surface area contributed by atoms with Gasteiger partial charge in [-0.25, -0.2) is 9.45 Å². The van der Waals surface area contributed by atoms with Crippen molar-refractivity contribution in [1.82, 2.24) is 15.1 Å². The molecular weight excluding hydrogens is 422 g/mol. The number of amides is 1. The molecule has 168 valence electrons. The van der Waals surface area contributed by atoms with Crippen LogP contribution < -0.4 is 0 Å². The number of rotatable bonds is 7. The van der Waals surface area contributed by atoms with Crippen molar-refractivity contribution >= 4 is 17.3 Å². The number of ketones is 1. The molecule has 0 saturated heterocycles. The first kappa shape index (κ1) is 24.1. The number of hydrogen-bond acceptors (Lipinski definition) is 6. The van der Waals surface area contributed by atoms with Crippen LogP contribution in [0, 0.1) is 5.82 Å². The van der Waals surface area contributed by atoms with E-state index in [1.54, 1.807) is 13.0 Å². The van der Waals surface area contributed by atoms with Gasteiger partial charge in [-0.1, -0.05) is 24.2 Å². The number of hydroxylamine groups is 2. The molecule has 0 atom stereocenters. The zero-order valence-electron chi connectivity index (χ0n) is 17.5. The van der Waals surface area contributed by atoms with E-state index in [9.17, 15) is 27.2 Å². The lowest BCUT2D eigenvalue weighted by Gasteiger charge is -2.16. The molecule has 0 bridgehead atoms. The predicted molar refractivity (Wildman–Crippen MR) is 103 cm³/mol. The molecule has 0 spiro atoms. The Balaban J connectivity index is 2.90. The second-order valence-electron chi connectivity index (χ2n) is 6.68. The van der Waals surface area contributed by atoms with Gasteiger partial charge in [0.1, 0.15) is 17.1 Å². The van der Waals surface area contributed by atoms with Gasteiger partial charge < -0.3 is 9.42 Å². The summed E-state index contributed by atoms with van der Waals surface area (Å²) in [6.45, 7) is 1.73. The molecule has 0 saturated carbocycles. The summed E-state index contributed by atoms with van der Waals surface area (Å²) < 4.78 is 59.5. The number of benzene rings is 1. The average Bonchev–Trinajstić information content (AvgIpc) is 3.13. The Morgan fingerprint density at radius 2 is 1.87 bits per heavy atom. The standard InChI is InChI=1S/C20H21F4N3O4/c1-6-11-8-7-9-13(21)14(11)16-15(19(29)27(4)30-5)17(31-25-16)12(10-26(2)3)18(28)20(22,23)24/h7-10H,6H2,1-5H3/b12-10+. The Morgan fingerprint density at radius 1 is 1.23 bits per heavy atom. The van der Waals surface area contributed by atoms with Crippen LogP contribution in [0.25, 0.3) is 16.8 Å². The third-order valence-corrected chi connectivity index (χ3v) is 4.32. The average molecular weight is 443 g/mol. The second-order valence-corrected chi connectivity index (χ2v) is 6.68. The predicted octanol–water partition coefficient (Wildman–Crippen LogP) is 3.71. The highest BCUT2D eigenvalue weighted by molar-refractivity contribution is 6.24. The van der Waals surface area contributed by atoms with Gasteiger partial charge in [0.15, 0.2) is 5.76 Å². The molecule has 0 N–H and O–H groups in total. The highest BCUT2D eigenvalue weighted by Gasteiger charge is 2.44. The number of carbonyl (C=O) groups is 2. The summed E-state index contributed by atoms with van der Waals surface area (Å²) in [6.07, 6.45) is -4.06. The zero-order chi connectivity index (χ0) is 23.5. The summed E-state index contributed by atoms with van der Waals surface area (Å²) in [5, 5.41) is 4.39. The first-order valence-electron chi connectivity index (χ1n) is 9.03. The number of halogens is 4. The number of aryl methyl sites for hydroxylation is 1. The maximum atomic E-state index is 14.7. The van der Waals surface area contributed by atoms with Gasteiger partial charge in [0, 0.05) is 32.9 Å².